The minimum atomic E-state index is 0.0252. The fraction of sp³-hybridized carbons (Fsp3) is 0.400. The quantitative estimate of drug-likeness (QED) is 0.853. The number of anilines is 2. The van der Waals surface area contributed by atoms with Gasteiger partial charge in [-0.1, -0.05) is 30.1 Å². The fourth-order valence-electron chi connectivity index (χ4n) is 1.35. The van der Waals surface area contributed by atoms with Crippen molar-refractivity contribution >= 4 is 23.4 Å². The van der Waals surface area contributed by atoms with Gasteiger partial charge in [0, 0.05) is 16.8 Å². The van der Waals surface area contributed by atoms with Crippen LogP contribution in [-0.4, -0.2) is 16.7 Å². The molecule has 0 saturated carbocycles. The topological polar surface area (TPSA) is 77.0 Å². The summed E-state index contributed by atoms with van der Waals surface area (Å²) in [6, 6.07) is 4.61. The van der Waals surface area contributed by atoms with Crippen LogP contribution in [0.5, 0.6) is 0 Å². The molecule has 86 valence electrons. The van der Waals surface area contributed by atoms with Crippen LogP contribution in [0, 0.1) is 0 Å². The van der Waals surface area contributed by atoms with E-state index in [9.17, 15) is 0 Å². The number of nitrogens with two attached hydrogens (primary N) is 1. The minimum absolute atomic E-state index is 0.0252. The number of nitrogen functional groups attached to an aromatic ring is 1. The van der Waals surface area contributed by atoms with Crippen molar-refractivity contribution in [3.8, 4) is 0 Å². The lowest BCUT2D eigenvalue weighted by atomic mass is 9.91. The Balaban J connectivity index is 2.00. The van der Waals surface area contributed by atoms with Gasteiger partial charge in [-0.3, -0.25) is 0 Å². The first-order valence-electron chi connectivity index (χ1n) is 4.95. The fourth-order valence-corrected chi connectivity index (χ4v) is 2.21. The molecule has 0 unspecified atom stereocenters. The lowest BCUT2D eigenvalue weighted by molar-refractivity contribution is 0.537. The Morgan fingerprint density at radius 2 is 2.31 bits per heavy atom. The van der Waals surface area contributed by atoms with Gasteiger partial charge in [0.05, 0.1) is 0 Å². The summed E-state index contributed by atoms with van der Waals surface area (Å²) in [5.41, 5.74) is 5.36. The van der Waals surface area contributed by atoms with Crippen LogP contribution in [0.25, 0.3) is 0 Å². The van der Waals surface area contributed by atoms with Gasteiger partial charge in [-0.25, -0.2) is 0 Å². The molecule has 0 bridgehead atoms. The number of rotatable bonds is 4. The van der Waals surface area contributed by atoms with Crippen LogP contribution in [0.3, 0.4) is 0 Å². The number of hydrogen-bond acceptors (Lipinski definition) is 6. The molecule has 0 aromatic carbocycles. The normalized spacial score (nSPS) is 11.6. The maximum absolute atomic E-state index is 5.33. The Morgan fingerprint density at radius 1 is 1.50 bits per heavy atom. The molecule has 0 atom stereocenters. The second-order valence-corrected chi connectivity index (χ2v) is 5.11. The third kappa shape index (κ3) is 2.33. The zero-order valence-electron chi connectivity index (χ0n) is 9.23. The molecule has 0 aliphatic rings. The van der Waals surface area contributed by atoms with E-state index in [0.29, 0.717) is 6.01 Å². The molecular weight excluding hydrogens is 224 g/mol. The van der Waals surface area contributed by atoms with Crippen LogP contribution in [0.2, 0.25) is 0 Å². The van der Waals surface area contributed by atoms with Crippen molar-refractivity contribution < 1.29 is 4.42 Å². The van der Waals surface area contributed by atoms with Crippen LogP contribution in [0.15, 0.2) is 21.9 Å². The molecule has 2 heterocycles. The van der Waals surface area contributed by atoms with Gasteiger partial charge in [0.25, 0.3) is 0 Å². The van der Waals surface area contributed by atoms with Crippen LogP contribution < -0.4 is 11.1 Å². The van der Waals surface area contributed by atoms with E-state index in [1.165, 1.54) is 4.88 Å². The first-order chi connectivity index (χ1) is 7.58. The maximum Gasteiger partial charge on any atom is 0.316 e. The molecule has 6 heteroatoms. The van der Waals surface area contributed by atoms with Crippen molar-refractivity contribution in [3.05, 3.63) is 22.4 Å². The number of thiophene rings is 1. The van der Waals surface area contributed by atoms with Crippen LogP contribution >= 0.6 is 11.3 Å². The first-order valence-corrected chi connectivity index (χ1v) is 5.83. The lowest BCUT2D eigenvalue weighted by Gasteiger charge is -2.22. The predicted octanol–water partition coefficient (Wildman–Crippen LogP) is 2.10. The summed E-state index contributed by atoms with van der Waals surface area (Å²) in [4.78, 5) is 1.31. The van der Waals surface area contributed by atoms with E-state index >= 15 is 0 Å². The third-order valence-electron chi connectivity index (χ3n) is 2.31. The predicted molar refractivity (Wildman–Crippen MR) is 64.5 cm³/mol. The van der Waals surface area contributed by atoms with Gasteiger partial charge >= 0.3 is 12.0 Å². The van der Waals surface area contributed by atoms with Gasteiger partial charge in [0.1, 0.15) is 0 Å². The molecule has 0 amide bonds. The van der Waals surface area contributed by atoms with Gasteiger partial charge in [0.2, 0.25) is 0 Å². The Hall–Kier alpha value is -1.56. The highest BCUT2D eigenvalue weighted by Gasteiger charge is 2.22. The molecule has 2 aromatic heterocycles. The van der Waals surface area contributed by atoms with E-state index in [4.69, 9.17) is 10.2 Å². The molecule has 16 heavy (non-hydrogen) atoms. The van der Waals surface area contributed by atoms with E-state index in [1.807, 2.05) is 6.07 Å². The highest BCUT2D eigenvalue weighted by Crippen LogP contribution is 2.27. The second-order valence-electron chi connectivity index (χ2n) is 4.16. The molecular formula is C10H14N4OS. The molecule has 0 spiro atoms. The Kier molecular flexibility index (Phi) is 2.82. The van der Waals surface area contributed by atoms with Crippen molar-refractivity contribution in [2.75, 3.05) is 17.6 Å². The van der Waals surface area contributed by atoms with Crippen LogP contribution in [0.4, 0.5) is 12.0 Å². The summed E-state index contributed by atoms with van der Waals surface area (Å²) in [5, 5.41) is 12.5. The van der Waals surface area contributed by atoms with E-state index < -0.39 is 0 Å². The monoisotopic (exact) mass is 238 g/mol. The number of aromatic nitrogens is 2. The summed E-state index contributed by atoms with van der Waals surface area (Å²) in [6.07, 6.45) is 0. The summed E-state index contributed by atoms with van der Waals surface area (Å²) >= 11 is 1.74. The van der Waals surface area contributed by atoms with Crippen molar-refractivity contribution in [1.29, 1.82) is 0 Å². The minimum Gasteiger partial charge on any atom is -0.390 e. The van der Waals surface area contributed by atoms with Gasteiger partial charge < -0.3 is 15.5 Å². The summed E-state index contributed by atoms with van der Waals surface area (Å²) in [7, 11) is 0. The Morgan fingerprint density at radius 3 is 2.88 bits per heavy atom. The summed E-state index contributed by atoms with van der Waals surface area (Å²) in [6.45, 7) is 5.03. The highest BCUT2D eigenvalue weighted by molar-refractivity contribution is 7.10. The molecule has 3 N–H and O–H groups in total. The number of nitrogens with one attached hydrogen (secondary N) is 1. The Bertz CT molecular complexity index is 449. The maximum atomic E-state index is 5.33. The van der Waals surface area contributed by atoms with E-state index in [0.717, 1.165) is 6.54 Å². The smallest absolute Gasteiger partial charge is 0.316 e. The molecule has 0 radical (unpaired) electrons. The molecule has 2 aromatic rings. The molecule has 5 nitrogen and oxygen atoms in total. The zero-order chi connectivity index (χ0) is 11.6. The average molecular weight is 238 g/mol. The highest BCUT2D eigenvalue weighted by atomic mass is 32.1. The van der Waals surface area contributed by atoms with Crippen molar-refractivity contribution in [1.82, 2.24) is 10.2 Å². The molecule has 0 saturated heterocycles. The zero-order valence-corrected chi connectivity index (χ0v) is 10.0. The molecule has 0 fully saturated rings. The molecule has 0 aliphatic carbocycles. The molecule has 2 rings (SSSR count). The molecule has 0 aliphatic heterocycles. The van der Waals surface area contributed by atoms with Crippen LogP contribution in [0.1, 0.15) is 18.7 Å². The van der Waals surface area contributed by atoms with Gasteiger partial charge in [0.15, 0.2) is 0 Å². The largest absolute Gasteiger partial charge is 0.390 e. The van der Waals surface area contributed by atoms with Gasteiger partial charge in [-0.15, -0.1) is 11.3 Å². The van der Waals surface area contributed by atoms with Gasteiger partial charge in [-0.2, -0.15) is 0 Å². The SMILES string of the molecule is CC(C)(CNc1nnc(N)o1)c1cccs1. The summed E-state index contributed by atoms with van der Waals surface area (Å²) < 4.78 is 5.04. The van der Waals surface area contributed by atoms with Crippen molar-refractivity contribution in [3.63, 3.8) is 0 Å². The van der Waals surface area contributed by atoms with E-state index in [2.05, 4.69) is 40.8 Å². The summed E-state index contributed by atoms with van der Waals surface area (Å²) in [5.74, 6) is 0. The standard InChI is InChI=1S/C10H14N4OS/c1-10(2,7-4-3-5-16-7)6-12-9-14-13-8(11)15-9/h3-5H,6H2,1-2H3,(H2,11,13)(H,12,14). The lowest BCUT2D eigenvalue weighted by Crippen LogP contribution is -2.26. The average Bonchev–Trinajstić information content (AvgIpc) is 2.85. The number of nitrogens with zero attached hydrogens (tertiary/aromatic N) is 2. The van der Waals surface area contributed by atoms with E-state index in [1.54, 1.807) is 11.3 Å². The second kappa shape index (κ2) is 4.13. The first kappa shape index (κ1) is 10.9. The van der Waals surface area contributed by atoms with Crippen molar-refractivity contribution in [2.45, 2.75) is 19.3 Å². The van der Waals surface area contributed by atoms with Crippen molar-refractivity contribution in [2.24, 2.45) is 0 Å². The third-order valence-corrected chi connectivity index (χ3v) is 3.55. The Labute approximate surface area is 97.7 Å². The number of hydrogen-bond donors (Lipinski definition) is 2. The van der Waals surface area contributed by atoms with E-state index in [-0.39, 0.29) is 11.4 Å². The van der Waals surface area contributed by atoms with Crippen LogP contribution in [-0.2, 0) is 5.41 Å². The van der Waals surface area contributed by atoms with Gasteiger partial charge in [-0.05, 0) is 11.4 Å².